The van der Waals surface area contributed by atoms with Crippen molar-refractivity contribution < 1.29 is 9.59 Å². The molecule has 4 rings (SSSR count). The van der Waals surface area contributed by atoms with Crippen molar-refractivity contribution in [2.75, 3.05) is 5.32 Å². The number of rotatable bonds is 7. The number of nitrogens with zero attached hydrogens (tertiary/aromatic N) is 2. The molecule has 0 unspecified atom stereocenters. The number of aryl methyl sites for hydroxylation is 2. The summed E-state index contributed by atoms with van der Waals surface area (Å²) in [5.41, 5.74) is 10.3. The van der Waals surface area contributed by atoms with Gasteiger partial charge in [0.2, 0.25) is 5.91 Å². The number of nitrogens with one attached hydrogen (secondary N) is 2. The Balaban J connectivity index is 0.00000256. The lowest BCUT2D eigenvalue weighted by Crippen LogP contribution is -2.13. The molecule has 1 aliphatic carbocycles. The Morgan fingerprint density at radius 3 is 2.53 bits per heavy atom. The summed E-state index contributed by atoms with van der Waals surface area (Å²) in [5, 5.41) is 9.70. The molecular formula is C22H24ClN5O2. The molecule has 156 valence electrons. The smallest absolute Gasteiger partial charge is 0.224 e. The van der Waals surface area contributed by atoms with Gasteiger partial charge in [0.15, 0.2) is 11.6 Å². The van der Waals surface area contributed by atoms with Crippen LogP contribution in [-0.2, 0) is 24.2 Å². The van der Waals surface area contributed by atoms with Gasteiger partial charge in [-0.15, -0.1) is 12.4 Å². The van der Waals surface area contributed by atoms with E-state index in [1.54, 1.807) is 12.1 Å². The maximum atomic E-state index is 12.4. The zero-order valence-electron chi connectivity index (χ0n) is 16.5. The van der Waals surface area contributed by atoms with E-state index in [4.69, 9.17) is 5.73 Å². The standard InChI is InChI=1S/C22H23N5O2.ClH/c23-13-20-25-22(27-26-20)15-6-8-18(9-7-15)24-21(29)11-10-19(28)17-5-4-14-2-1-3-16(14)12-17;/h4-9,12H,1-3,10-11,13,23H2,(H,24,29)(H,25,26,27);1H. The number of halogens is 1. The molecule has 30 heavy (non-hydrogen) atoms. The average Bonchev–Trinajstić information content (AvgIpc) is 3.41. The van der Waals surface area contributed by atoms with E-state index in [9.17, 15) is 9.59 Å². The summed E-state index contributed by atoms with van der Waals surface area (Å²) in [6.45, 7) is 0.297. The minimum absolute atomic E-state index is 0. The number of hydrogen-bond acceptors (Lipinski definition) is 5. The zero-order chi connectivity index (χ0) is 20.2. The first kappa shape index (κ1) is 21.7. The second-order valence-corrected chi connectivity index (χ2v) is 7.20. The van der Waals surface area contributed by atoms with Crippen molar-refractivity contribution in [1.82, 2.24) is 15.2 Å². The fraction of sp³-hybridized carbons (Fsp3) is 0.273. The molecule has 0 atom stereocenters. The fourth-order valence-electron chi connectivity index (χ4n) is 3.56. The number of nitrogens with two attached hydrogens (primary N) is 1. The van der Waals surface area contributed by atoms with Crippen LogP contribution in [0.25, 0.3) is 11.4 Å². The third-order valence-electron chi connectivity index (χ3n) is 5.15. The lowest BCUT2D eigenvalue weighted by atomic mass is 10.0. The number of hydrogen-bond donors (Lipinski definition) is 3. The molecule has 0 saturated heterocycles. The molecular weight excluding hydrogens is 402 g/mol. The second kappa shape index (κ2) is 9.65. The van der Waals surface area contributed by atoms with E-state index in [2.05, 4.69) is 20.5 Å². The van der Waals surface area contributed by atoms with Crippen LogP contribution >= 0.6 is 12.4 Å². The number of aromatic amines is 1. The molecule has 0 aliphatic heterocycles. The van der Waals surface area contributed by atoms with Crippen LogP contribution in [-0.4, -0.2) is 26.9 Å². The van der Waals surface area contributed by atoms with Crippen LogP contribution in [0, 0.1) is 0 Å². The Kier molecular flexibility index (Phi) is 6.97. The van der Waals surface area contributed by atoms with Crippen LogP contribution in [0.1, 0.15) is 46.6 Å². The first-order valence-corrected chi connectivity index (χ1v) is 9.79. The number of carbonyl (C=O) groups excluding carboxylic acids is 2. The second-order valence-electron chi connectivity index (χ2n) is 7.20. The number of benzene rings is 2. The zero-order valence-corrected chi connectivity index (χ0v) is 17.3. The van der Waals surface area contributed by atoms with Gasteiger partial charge in [0.25, 0.3) is 0 Å². The Bertz CT molecular complexity index is 1050. The van der Waals surface area contributed by atoms with Gasteiger partial charge in [0.1, 0.15) is 5.82 Å². The quantitative estimate of drug-likeness (QED) is 0.501. The molecule has 2 aromatic carbocycles. The van der Waals surface area contributed by atoms with Crippen molar-refractivity contribution in [1.29, 1.82) is 0 Å². The van der Waals surface area contributed by atoms with E-state index < -0.39 is 0 Å². The summed E-state index contributed by atoms with van der Waals surface area (Å²) in [7, 11) is 0. The maximum absolute atomic E-state index is 12.4. The molecule has 3 aromatic rings. The molecule has 7 nitrogen and oxygen atoms in total. The highest BCUT2D eigenvalue weighted by Gasteiger charge is 2.15. The van der Waals surface area contributed by atoms with Gasteiger partial charge < -0.3 is 11.1 Å². The van der Waals surface area contributed by atoms with Crippen molar-refractivity contribution in [2.24, 2.45) is 5.73 Å². The first-order valence-electron chi connectivity index (χ1n) is 9.79. The molecule has 0 saturated carbocycles. The molecule has 0 fully saturated rings. The van der Waals surface area contributed by atoms with Gasteiger partial charge in [0.05, 0.1) is 6.54 Å². The van der Waals surface area contributed by atoms with Crippen LogP contribution in [0.15, 0.2) is 42.5 Å². The number of Topliss-reactive ketones (excluding diaryl/α,β-unsaturated/α-hetero) is 1. The van der Waals surface area contributed by atoms with Gasteiger partial charge in [0, 0.05) is 29.7 Å². The maximum Gasteiger partial charge on any atom is 0.224 e. The minimum Gasteiger partial charge on any atom is -0.326 e. The summed E-state index contributed by atoms with van der Waals surface area (Å²) in [6, 6.07) is 13.1. The number of ketones is 1. The lowest BCUT2D eigenvalue weighted by Gasteiger charge is -2.07. The number of carbonyl (C=O) groups is 2. The van der Waals surface area contributed by atoms with Gasteiger partial charge in [-0.2, -0.15) is 5.10 Å². The van der Waals surface area contributed by atoms with Crippen LogP contribution in [0.4, 0.5) is 5.69 Å². The normalized spacial score (nSPS) is 12.2. The van der Waals surface area contributed by atoms with E-state index in [0.29, 0.717) is 29.4 Å². The monoisotopic (exact) mass is 425 g/mol. The third-order valence-corrected chi connectivity index (χ3v) is 5.15. The summed E-state index contributed by atoms with van der Waals surface area (Å²) < 4.78 is 0. The predicted octanol–water partition coefficient (Wildman–Crippen LogP) is 3.44. The number of aromatic nitrogens is 3. The number of fused-ring (bicyclic) bond motifs is 1. The van der Waals surface area contributed by atoms with Crippen LogP contribution < -0.4 is 11.1 Å². The first-order chi connectivity index (χ1) is 14.1. The lowest BCUT2D eigenvalue weighted by molar-refractivity contribution is -0.116. The highest BCUT2D eigenvalue weighted by atomic mass is 35.5. The third kappa shape index (κ3) is 4.93. The van der Waals surface area contributed by atoms with E-state index in [1.807, 2.05) is 30.3 Å². The van der Waals surface area contributed by atoms with Gasteiger partial charge in [-0.1, -0.05) is 12.1 Å². The Morgan fingerprint density at radius 1 is 1.03 bits per heavy atom. The topological polar surface area (TPSA) is 114 Å². The molecule has 1 aliphatic rings. The van der Waals surface area contributed by atoms with Crippen molar-refractivity contribution >= 4 is 29.8 Å². The van der Waals surface area contributed by atoms with E-state index in [1.165, 1.54) is 11.1 Å². The largest absolute Gasteiger partial charge is 0.326 e. The van der Waals surface area contributed by atoms with Gasteiger partial charge in [-0.25, -0.2) is 4.98 Å². The SMILES string of the molecule is Cl.NCc1nc(-c2ccc(NC(=O)CCC(=O)c3ccc4c(c3)CCC4)cc2)n[nH]1. The molecule has 0 spiro atoms. The molecule has 8 heteroatoms. The van der Waals surface area contributed by atoms with Crippen LogP contribution in [0.5, 0.6) is 0 Å². The number of amides is 1. The number of anilines is 1. The highest BCUT2D eigenvalue weighted by molar-refractivity contribution is 6.00. The summed E-state index contributed by atoms with van der Waals surface area (Å²) >= 11 is 0. The van der Waals surface area contributed by atoms with Crippen LogP contribution in [0.3, 0.4) is 0 Å². The molecule has 0 bridgehead atoms. The predicted molar refractivity (Wildman–Crippen MR) is 118 cm³/mol. The van der Waals surface area contributed by atoms with Crippen molar-refractivity contribution in [3.05, 3.63) is 65.0 Å². The van der Waals surface area contributed by atoms with Gasteiger partial charge in [-0.05, 0) is 60.7 Å². The Morgan fingerprint density at radius 2 is 1.80 bits per heavy atom. The van der Waals surface area contributed by atoms with E-state index in [0.717, 1.165) is 24.8 Å². The van der Waals surface area contributed by atoms with Gasteiger partial charge >= 0.3 is 0 Å². The molecule has 1 amide bonds. The summed E-state index contributed by atoms with van der Waals surface area (Å²) in [6.07, 6.45) is 3.63. The van der Waals surface area contributed by atoms with Crippen LogP contribution in [0.2, 0.25) is 0 Å². The summed E-state index contributed by atoms with van der Waals surface area (Å²) in [4.78, 5) is 28.9. The van der Waals surface area contributed by atoms with E-state index in [-0.39, 0.29) is 36.9 Å². The Labute approximate surface area is 180 Å². The van der Waals surface area contributed by atoms with E-state index >= 15 is 0 Å². The highest BCUT2D eigenvalue weighted by Crippen LogP contribution is 2.23. The van der Waals surface area contributed by atoms with Gasteiger partial charge in [-0.3, -0.25) is 14.7 Å². The molecule has 1 aromatic heterocycles. The molecule has 4 N–H and O–H groups in total. The average molecular weight is 426 g/mol. The van der Waals surface area contributed by atoms with Crippen molar-refractivity contribution in [2.45, 2.75) is 38.6 Å². The number of H-pyrrole nitrogens is 1. The summed E-state index contributed by atoms with van der Waals surface area (Å²) in [5.74, 6) is 0.995. The van der Waals surface area contributed by atoms with Crippen molar-refractivity contribution in [3.63, 3.8) is 0 Å². The fourth-order valence-corrected chi connectivity index (χ4v) is 3.56. The van der Waals surface area contributed by atoms with Crippen molar-refractivity contribution in [3.8, 4) is 11.4 Å². The molecule has 0 radical (unpaired) electrons. The molecule has 1 heterocycles. The minimum atomic E-state index is -0.185. The Hall–Kier alpha value is -3.03.